The highest BCUT2D eigenvalue weighted by atomic mass is 35.5. The van der Waals surface area contributed by atoms with Gasteiger partial charge in [-0.2, -0.15) is 10.1 Å². The van der Waals surface area contributed by atoms with Crippen molar-refractivity contribution in [3.8, 4) is 11.5 Å². The fraction of sp³-hybridized carbons (Fsp3) is 0.190. The molecule has 9 heteroatoms. The van der Waals surface area contributed by atoms with E-state index in [4.69, 9.17) is 21.1 Å². The zero-order valence-corrected chi connectivity index (χ0v) is 17.4. The SMILES string of the molecule is COc1ccc([C@@H]2C(C(=O)Nc3ccc(Cl)cc3)=C(C)Nc3ncnn32)c(OC)c1. The van der Waals surface area contributed by atoms with Gasteiger partial charge < -0.3 is 20.1 Å². The second-order valence-corrected chi connectivity index (χ2v) is 7.10. The first-order valence-corrected chi connectivity index (χ1v) is 9.55. The van der Waals surface area contributed by atoms with Crippen molar-refractivity contribution in [2.45, 2.75) is 13.0 Å². The normalized spacial score (nSPS) is 15.3. The standard InChI is InChI=1S/C21H20ClN5O3/c1-12-18(20(28)26-14-6-4-13(22)5-7-14)19(27-21(25-12)23-11-24-27)16-9-8-15(29-2)10-17(16)30-3/h4-11,19H,1-3H3,(H,26,28)(H,23,24,25)/t19-/m1/s1. The molecule has 2 aromatic carbocycles. The van der Waals surface area contributed by atoms with E-state index in [1.54, 1.807) is 49.2 Å². The van der Waals surface area contributed by atoms with Crippen LogP contribution in [0.2, 0.25) is 5.02 Å². The lowest BCUT2D eigenvalue weighted by atomic mass is 9.94. The summed E-state index contributed by atoms with van der Waals surface area (Å²) in [7, 11) is 3.16. The summed E-state index contributed by atoms with van der Waals surface area (Å²) in [5.74, 6) is 1.49. The molecule has 1 aromatic heterocycles. The molecule has 8 nitrogen and oxygen atoms in total. The van der Waals surface area contributed by atoms with Gasteiger partial charge in [-0.25, -0.2) is 4.68 Å². The highest BCUT2D eigenvalue weighted by Gasteiger charge is 2.35. The van der Waals surface area contributed by atoms with Gasteiger partial charge in [0.2, 0.25) is 5.95 Å². The van der Waals surface area contributed by atoms with E-state index < -0.39 is 6.04 Å². The Balaban J connectivity index is 1.79. The van der Waals surface area contributed by atoms with Gasteiger partial charge in [0.05, 0.1) is 19.8 Å². The van der Waals surface area contributed by atoms with Crippen molar-refractivity contribution < 1.29 is 14.3 Å². The highest BCUT2D eigenvalue weighted by Crippen LogP contribution is 2.40. The third-order valence-corrected chi connectivity index (χ3v) is 5.13. The Hall–Kier alpha value is -3.52. The maximum atomic E-state index is 13.3. The topological polar surface area (TPSA) is 90.3 Å². The van der Waals surface area contributed by atoms with Crippen molar-refractivity contribution in [1.82, 2.24) is 14.8 Å². The Labute approximate surface area is 178 Å². The van der Waals surface area contributed by atoms with E-state index in [-0.39, 0.29) is 5.91 Å². The quantitative estimate of drug-likeness (QED) is 0.644. The fourth-order valence-corrected chi connectivity index (χ4v) is 3.57. The minimum atomic E-state index is -0.545. The molecule has 2 N–H and O–H groups in total. The van der Waals surface area contributed by atoms with Crippen LogP contribution in [0.4, 0.5) is 11.6 Å². The summed E-state index contributed by atoms with van der Waals surface area (Å²) >= 11 is 5.95. The average molecular weight is 426 g/mol. The molecular formula is C21H20ClN5O3. The molecule has 1 atom stereocenters. The second-order valence-electron chi connectivity index (χ2n) is 6.66. The minimum absolute atomic E-state index is 0.272. The highest BCUT2D eigenvalue weighted by molar-refractivity contribution is 6.30. The number of amides is 1. The van der Waals surface area contributed by atoms with E-state index in [0.29, 0.717) is 39.4 Å². The number of carbonyl (C=O) groups excluding carboxylic acids is 1. The van der Waals surface area contributed by atoms with Gasteiger partial charge in [-0.3, -0.25) is 4.79 Å². The Morgan fingerprint density at radius 3 is 2.63 bits per heavy atom. The molecule has 154 valence electrons. The predicted molar refractivity (Wildman–Crippen MR) is 114 cm³/mol. The van der Waals surface area contributed by atoms with Crippen LogP contribution in [-0.4, -0.2) is 34.9 Å². The van der Waals surface area contributed by atoms with Gasteiger partial charge >= 0.3 is 0 Å². The Kier molecular flexibility index (Phi) is 5.33. The molecule has 0 bridgehead atoms. The Morgan fingerprint density at radius 2 is 1.93 bits per heavy atom. The first kappa shape index (κ1) is 19.8. The van der Waals surface area contributed by atoms with Gasteiger partial charge in [0, 0.05) is 28.0 Å². The molecule has 0 radical (unpaired) electrons. The van der Waals surface area contributed by atoms with E-state index in [9.17, 15) is 4.79 Å². The molecule has 30 heavy (non-hydrogen) atoms. The van der Waals surface area contributed by atoms with Crippen molar-refractivity contribution >= 4 is 29.1 Å². The Bertz CT molecular complexity index is 1120. The van der Waals surface area contributed by atoms with Crippen molar-refractivity contribution in [2.75, 3.05) is 24.9 Å². The number of anilines is 2. The summed E-state index contributed by atoms with van der Waals surface area (Å²) in [5, 5.41) is 11.0. The van der Waals surface area contributed by atoms with Gasteiger partial charge in [-0.15, -0.1) is 0 Å². The lowest BCUT2D eigenvalue weighted by Crippen LogP contribution is -2.31. The molecule has 1 aliphatic heterocycles. The Morgan fingerprint density at radius 1 is 1.17 bits per heavy atom. The summed E-state index contributed by atoms with van der Waals surface area (Å²) in [5.41, 5.74) is 2.55. The molecular weight excluding hydrogens is 406 g/mol. The van der Waals surface area contributed by atoms with Crippen molar-refractivity contribution in [3.05, 3.63) is 70.6 Å². The van der Waals surface area contributed by atoms with Crippen molar-refractivity contribution in [2.24, 2.45) is 0 Å². The van der Waals surface area contributed by atoms with Crippen LogP contribution in [-0.2, 0) is 4.79 Å². The van der Waals surface area contributed by atoms with Gasteiger partial charge in [-0.1, -0.05) is 11.6 Å². The molecule has 1 aliphatic rings. The molecule has 1 amide bonds. The van der Waals surface area contributed by atoms with Gasteiger partial charge in [0.15, 0.2) is 0 Å². The van der Waals surface area contributed by atoms with Crippen LogP contribution in [0.15, 0.2) is 60.1 Å². The third-order valence-electron chi connectivity index (χ3n) is 4.88. The zero-order chi connectivity index (χ0) is 21.3. The number of fused-ring (bicyclic) bond motifs is 1. The number of ether oxygens (including phenoxy) is 2. The molecule has 4 rings (SSSR count). The van der Waals surface area contributed by atoms with Crippen LogP contribution in [0.5, 0.6) is 11.5 Å². The molecule has 0 saturated carbocycles. The first-order valence-electron chi connectivity index (χ1n) is 9.18. The van der Waals surface area contributed by atoms with Gasteiger partial charge in [0.1, 0.15) is 23.9 Å². The van der Waals surface area contributed by atoms with E-state index in [1.807, 2.05) is 19.1 Å². The number of nitrogens with zero attached hydrogens (tertiary/aromatic N) is 3. The van der Waals surface area contributed by atoms with E-state index in [1.165, 1.54) is 6.33 Å². The van der Waals surface area contributed by atoms with Crippen LogP contribution in [0.25, 0.3) is 0 Å². The summed E-state index contributed by atoms with van der Waals surface area (Å²) in [4.78, 5) is 17.6. The van der Waals surface area contributed by atoms with E-state index >= 15 is 0 Å². The number of methoxy groups -OCH3 is 2. The largest absolute Gasteiger partial charge is 0.497 e. The monoisotopic (exact) mass is 425 g/mol. The summed E-state index contributed by atoms with van der Waals surface area (Å²) in [6.45, 7) is 1.83. The van der Waals surface area contributed by atoms with Crippen LogP contribution >= 0.6 is 11.6 Å². The number of nitrogens with one attached hydrogen (secondary N) is 2. The number of rotatable bonds is 5. The van der Waals surface area contributed by atoms with Crippen LogP contribution in [0, 0.1) is 0 Å². The van der Waals surface area contributed by atoms with Gasteiger partial charge in [0.25, 0.3) is 5.91 Å². The number of hydrogen-bond acceptors (Lipinski definition) is 6. The molecule has 0 aliphatic carbocycles. The van der Waals surface area contributed by atoms with E-state index in [0.717, 1.165) is 5.56 Å². The van der Waals surface area contributed by atoms with Crippen LogP contribution in [0.3, 0.4) is 0 Å². The van der Waals surface area contributed by atoms with E-state index in [2.05, 4.69) is 20.7 Å². The molecule has 0 fully saturated rings. The first-order chi connectivity index (χ1) is 14.5. The number of aromatic nitrogens is 3. The smallest absolute Gasteiger partial charge is 0.255 e. The minimum Gasteiger partial charge on any atom is -0.497 e. The summed E-state index contributed by atoms with van der Waals surface area (Å²) < 4.78 is 12.6. The predicted octanol–water partition coefficient (Wildman–Crippen LogP) is 3.88. The molecule has 0 spiro atoms. The number of allylic oxidation sites excluding steroid dienone is 1. The summed E-state index contributed by atoms with van der Waals surface area (Å²) in [6, 6.07) is 11.8. The molecule has 3 aromatic rings. The van der Waals surface area contributed by atoms with Crippen LogP contribution < -0.4 is 20.1 Å². The van der Waals surface area contributed by atoms with Crippen LogP contribution in [0.1, 0.15) is 18.5 Å². The molecule has 0 saturated heterocycles. The molecule has 2 heterocycles. The maximum absolute atomic E-state index is 13.3. The number of halogens is 1. The maximum Gasteiger partial charge on any atom is 0.255 e. The van der Waals surface area contributed by atoms with Crippen molar-refractivity contribution in [3.63, 3.8) is 0 Å². The number of hydrogen-bond donors (Lipinski definition) is 2. The average Bonchev–Trinajstić information content (AvgIpc) is 3.21. The van der Waals surface area contributed by atoms with Gasteiger partial charge in [-0.05, 0) is 43.3 Å². The number of carbonyl (C=O) groups is 1. The lowest BCUT2D eigenvalue weighted by molar-refractivity contribution is -0.113. The molecule has 0 unspecified atom stereocenters. The lowest BCUT2D eigenvalue weighted by Gasteiger charge is -2.29. The fourth-order valence-electron chi connectivity index (χ4n) is 3.45. The number of benzene rings is 2. The zero-order valence-electron chi connectivity index (χ0n) is 16.6. The summed E-state index contributed by atoms with van der Waals surface area (Å²) in [6.07, 6.45) is 1.44. The van der Waals surface area contributed by atoms with Crippen molar-refractivity contribution in [1.29, 1.82) is 0 Å². The second kappa shape index (κ2) is 8.08. The third kappa shape index (κ3) is 3.57.